The number of hydrogen-bond donors (Lipinski definition) is 0. The Bertz CT molecular complexity index is 948. The predicted octanol–water partition coefficient (Wildman–Crippen LogP) is 6.85. The summed E-state index contributed by atoms with van der Waals surface area (Å²) in [6, 6.07) is 45.3. The monoisotopic (exact) mass is 478 g/mol. The SMILES string of the molecule is ClCP1[P+](c2ccccc2)(c2ccccc2)CC[P+]1(c1ccccc1)c1ccccc1. The van der Waals surface area contributed by atoms with Crippen LogP contribution >= 0.6 is 32.8 Å². The topological polar surface area (TPSA) is 0 Å². The Labute approximate surface area is 192 Å². The molecular formula is C27H26ClP3+2. The van der Waals surface area contributed by atoms with Crippen LogP contribution < -0.4 is 21.2 Å². The molecule has 4 aromatic carbocycles. The van der Waals surface area contributed by atoms with E-state index in [2.05, 4.69) is 121 Å². The molecule has 1 saturated heterocycles. The summed E-state index contributed by atoms with van der Waals surface area (Å²) in [7, 11) is -0.456. The van der Waals surface area contributed by atoms with E-state index < -0.39 is 21.2 Å². The second-order valence-electron chi connectivity index (χ2n) is 7.82. The maximum absolute atomic E-state index is 7.06. The van der Waals surface area contributed by atoms with E-state index in [9.17, 15) is 0 Å². The van der Waals surface area contributed by atoms with Crippen molar-refractivity contribution in [3.63, 3.8) is 0 Å². The number of benzene rings is 4. The van der Waals surface area contributed by atoms with Crippen LogP contribution in [-0.2, 0) is 0 Å². The third-order valence-electron chi connectivity index (χ3n) is 6.38. The first kappa shape index (κ1) is 21.3. The minimum absolute atomic E-state index is 0.456. The van der Waals surface area contributed by atoms with Crippen molar-refractivity contribution in [3.8, 4) is 0 Å². The molecule has 0 aromatic heterocycles. The first-order chi connectivity index (χ1) is 15.3. The Morgan fingerprint density at radius 1 is 0.484 bits per heavy atom. The summed E-state index contributed by atoms with van der Waals surface area (Å²) in [6.07, 6.45) is 2.49. The molecule has 4 heteroatoms. The highest BCUT2D eigenvalue weighted by Crippen LogP contribution is 3.05. The van der Waals surface area contributed by atoms with Gasteiger partial charge in [0, 0.05) is 0 Å². The van der Waals surface area contributed by atoms with Gasteiger partial charge in [-0.3, -0.25) is 0 Å². The lowest BCUT2D eigenvalue weighted by Crippen LogP contribution is -2.23. The van der Waals surface area contributed by atoms with E-state index in [1.165, 1.54) is 33.5 Å². The van der Waals surface area contributed by atoms with E-state index in [1.807, 2.05) is 0 Å². The summed E-state index contributed by atoms with van der Waals surface area (Å²) in [5, 5.41) is 6.12. The van der Waals surface area contributed by atoms with E-state index in [-0.39, 0.29) is 0 Å². The molecule has 0 spiro atoms. The van der Waals surface area contributed by atoms with Crippen molar-refractivity contribution in [2.75, 3.05) is 17.9 Å². The second-order valence-corrected chi connectivity index (χ2v) is 23.5. The zero-order valence-electron chi connectivity index (χ0n) is 17.4. The predicted molar refractivity (Wildman–Crippen MR) is 146 cm³/mol. The van der Waals surface area contributed by atoms with Gasteiger partial charge in [-0.25, -0.2) is 0 Å². The Hall–Kier alpha value is -1.54. The van der Waals surface area contributed by atoms with Gasteiger partial charge < -0.3 is 0 Å². The van der Waals surface area contributed by atoms with E-state index in [0.29, 0.717) is 0 Å². The van der Waals surface area contributed by atoms with Gasteiger partial charge in [0.1, 0.15) is 53.1 Å². The van der Waals surface area contributed by atoms with Gasteiger partial charge in [0.05, 0.1) is 0 Å². The maximum Gasteiger partial charge on any atom is 0.245 e. The van der Waals surface area contributed by atoms with Crippen LogP contribution in [0.25, 0.3) is 0 Å². The smallest absolute Gasteiger partial charge is 0.114 e. The van der Waals surface area contributed by atoms with E-state index >= 15 is 0 Å². The van der Waals surface area contributed by atoms with Gasteiger partial charge in [0.25, 0.3) is 0 Å². The van der Waals surface area contributed by atoms with Crippen molar-refractivity contribution in [2.24, 2.45) is 0 Å². The van der Waals surface area contributed by atoms with Crippen molar-refractivity contribution in [2.45, 2.75) is 0 Å². The van der Waals surface area contributed by atoms with Gasteiger partial charge in [-0.1, -0.05) is 72.8 Å². The van der Waals surface area contributed by atoms with Crippen LogP contribution in [0.5, 0.6) is 0 Å². The molecule has 0 amide bonds. The summed E-state index contributed by atoms with van der Waals surface area (Å²) in [5.41, 5.74) is 0.754. The summed E-state index contributed by atoms with van der Waals surface area (Å²) in [4.78, 5) is 0. The maximum atomic E-state index is 7.06. The summed E-state index contributed by atoms with van der Waals surface area (Å²) < 4.78 is 0. The van der Waals surface area contributed by atoms with E-state index in [1.54, 1.807) is 0 Å². The largest absolute Gasteiger partial charge is 0.245 e. The zero-order chi connectivity index (χ0) is 21.2. The first-order valence-electron chi connectivity index (χ1n) is 10.7. The molecule has 5 rings (SSSR count). The van der Waals surface area contributed by atoms with Crippen LogP contribution in [0.3, 0.4) is 0 Å². The number of halogens is 1. The number of rotatable bonds is 5. The lowest BCUT2D eigenvalue weighted by molar-refractivity contribution is 1.51. The molecule has 1 aliphatic heterocycles. The lowest BCUT2D eigenvalue weighted by atomic mass is 10.4. The highest BCUT2D eigenvalue weighted by molar-refractivity contribution is 8.77. The third kappa shape index (κ3) is 3.50. The minimum Gasteiger partial charge on any atom is -0.114 e. The van der Waals surface area contributed by atoms with Crippen LogP contribution in [-0.4, -0.2) is 17.9 Å². The first-order valence-corrected chi connectivity index (χ1v) is 18.1. The quantitative estimate of drug-likeness (QED) is 0.217. The Morgan fingerprint density at radius 2 is 0.742 bits per heavy atom. The molecule has 31 heavy (non-hydrogen) atoms. The molecule has 0 saturated carbocycles. The normalized spacial score (nSPS) is 17.5. The van der Waals surface area contributed by atoms with Crippen molar-refractivity contribution < 1.29 is 0 Å². The highest BCUT2D eigenvalue weighted by atomic mass is 35.5. The number of hydrogen-bond acceptors (Lipinski definition) is 0. The average molecular weight is 479 g/mol. The lowest BCUT2D eigenvalue weighted by Gasteiger charge is -2.30. The Morgan fingerprint density at radius 3 is 0.968 bits per heavy atom. The fraction of sp³-hybridized carbons (Fsp3) is 0.111. The summed E-state index contributed by atoms with van der Waals surface area (Å²) in [5.74, 6) is 0. The van der Waals surface area contributed by atoms with Crippen molar-refractivity contribution in [1.82, 2.24) is 0 Å². The van der Waals surface area contributed by atoms with Crippen LogP contribution in [0, 0.1) is 0 Å². The molecule has 0 aliphatic carbocycles. The van der Waals surface area contributed by atoms with Crippen LogP contribution in [0.2, 0.25) is 0 Å². The average Bonchev–Trinajstić information content (AvgIpc) is 3.23. The highest BCUT2D eigenvalue weighted by Gasteiger charge is 2.73. The molecule has 0 atom stereocenters. The molecule has 0 nitrogen and oxygen atoms in total. The molecule has 1 fully saturated rings. The van der Waals surface area contributed by atoms with Crippen molar-refractivity contribution >= 4 is 54.0 Å². The third-order valence-corrected chi connectivity index (χ3v) is 31.6. The van der Waals surface area contributed by atoms with Crippen LogP contribution in [0.1, 0.15) is 0 Å². The van der Waals surface area contributed by atoms with Gasteiger partial charge in [-0.15, -0.1) is 11.6 Å². The Kier molecular flexibility index (Phi) is 6.28. The molecule has 0 bridgehead atoms. The standard InChI is InChI=1S/C27H26ClP3/c28-23-29-30(24-13-5-1-6-14-24,25-15-7-2-8-16-25)21-22-31(29,26-17-9-3-10-18-26)27-19-11-4-12-20-27/h1-20H,21-23H2/q+2. The molecule has 0 radical (unpaired) electrons. The molecule has 1 heterocycles. The Balaban J connectivity index is 1.81. The fourth-order valence-electron chi connectivity index (χ4n) is 5.01. The van der Waals surface area contributed by atoms with E-state index in [0.717, 1.165) is 5.62 Å². The van der Waals surface area contributed by atoms with Gasteiger partial charge in [0.2, 0.25) is 7.30 Å². The molecular weight excluding hydrogens is 453 g/mol. The molecule has 0 N–H and O–H groups in total. The van der Waals surface area contributed by atoms with Crippen molar-refractivity contribution in [3.05, 3.63) is 121 Å². The van der Waals surface area contributed by atoms with Crippen molar-refractivity contribution in [1.29, 1.82) is 0 Å². The fourth-order valence-corrected chi connectivity index (χ4v) is 37.8. The molecule has 1 aliphatic rings. The van der Waals surface area contributed by atoms with Crippen LogP contribution in [0.4, 0.5) is 0 Å². The second kappa shape index (κ2) is 9.14. The summed E-state index contributed by atoms with van der Waals surface area (Å²) in [6.45, 7) is -3.26. The van der Waals surface area contributed by atoms with Gasteiger partial charge >= 0.3 is 0 Å². The minimum atomic E-state index is -1.63. The molecule has 0 unspecified atom stereocenters. The van der Waals surface area contributed by atoms with Gasteiger partial charge in [-0.2, -0.15) is 0 Å². The van der Waals surface area contributed by atoms with E-state index in [4.69, 9.17) is 11.6 Å². The molecule has 4 aromatic rings. The number of alkyl halides is 1. The molecule has 154 valence electrons. The summed E-state index contributed by atoms with van der Waals surface area (Å²) >= 11 is 7.06. The zero-order valence-corrected chi connectivity index (χ0v) is 20.8. The van der Waals surface area contributed by atoms with Gasteiger partial charge in [0.15, 0.2) is 0 Å². The van der Waals surface area contributed by atoms with Crippen LogP contribution in [0.15, 0.2) is 121 Å². The van der Waals surface area contributed by atoms with Gasteiger partial charge in [-0.05, 0) is 48.5 Å².